The summed E-state index contributed by atoms with van der Waals surface area (Å²) < 4.78 is 0. The van der Waals surface area contributed by atoms with Crippen LogP contribution in [0, 0.1) is 5.92 Å². The number of carbonyl (C=O) groups excluding carboxylic acids is 3. The van der Waals surface area contributed by atoms with Crippen molar-refractivity contribution in [3.8, 4) is 0 Å². The fourth-order valence-electron chi connectivity index (χ4n) is 1.68. The van der Waals surface area contributed by atoms with Gasteiger partial charge in [-0.05, 0) is 0 Å². The molecule has 2 amide bonds. The minimum absolute atomic E-state index is 0.00843. The van der Waals surface area contributed by atoms with E-state index < -0.39 is 6.04 Å². The molecule has 0 aromatic carbocycles. The number of rotatable bonds is 4. The van der Waals surface area contributed by atoms with Crippen LogP contribution in [-0.2, 0) is 14.4 Å². The molecule has 0 saturated carbocycles. The molecule has 1 rings (SSSR count). The Balaban J connectivity index is 2.87. The quantitative estimate of drug-likeness (QED) is 0.648. The van der Waals surface area contributed by atoms with E-state index in [4.69, 9.17) is 5.73 Å². The number of likely N-dealkylation sites (tertiary alicyclic amines) is 1. The van der Waals surface area contributed by atoms with Gasteiger partial charge in [-0.25, -0.2) is 0 Å². The average Bonchev–Trinajstić information content (AvgIpc) is 2.50. The molecule has 0 radical (unpaired) electrons. The van der Waals surface area contributed by atoms with E-state index in [1.807, 2.05) is 0 Å². The van der Waals surface area contributed by atoms with Gasteiger partial charge >= 0.3 is 0 Å². The Hall–Kier alpha value is -1.23. The van der Waals surface area contributed by atoms with Crippen molar-refractivity contribution in [2.45, 2.75) is 32.7 Å². The van der Waals surface area contributed by atoms with Crippen molar-refractivity contribution >= 4 is 17.6 Å². The van der Waals surface area contributed by atoms with Crippen LogP contribution in [0.15, 0.2) is 0 Å². The first-order valence-corrected chi connectivity index (χ1v) is 5.07. The molecule has 0 spiro atoms. The first-order chi connectivity index (χ1) is 6.99. The van der Waals surface area contributed by atoms with Gasteiger partial charge in [0.05, 0.1) is 0 Å². The monoisotopic (exact) mass is 212 g/mol. The summed E-state index contributed by atoms with van der Waals surface area (Å²) in [5.74, 6) is -0.949. The molecule has 1 aliphatic rings. The molecule has 0 aromatic rings. The molecule has 1 aliphatic heterocycles. The van der Waals surface area contributed by atoms with E-state index in [2.05, 4.69) is 0 Å². The molecule has 1 unspecified atom stereocenters. The summed E-state index contributed by atoms with van der Waals surface area (Å²) in [6.07, 6.45) is 0.390. The van der Waals surface area contributed by atoms with Crippen molar-refractivity contribution in [1.29, 1.82) is 0 Å². The van der Waals surface area contributed by atoms with Crippen LogP contribution in [-0.4, -0.2) is 35.1 Å². The molecule has 1 heterocycles. The van der Waals surface area contributed by atoms with Crippen molar-refractivity contribution in [2.24, 2.45) is 11.7 Å². The van der Waals surface area contributed by atoms with E-state index in [1.54, 1.807) is 13.8 Å². The summed E-state index contributed by atoms with van der Waals surface area (Å²) in [6, 6.07) is -0.771. The third-order valence-corrected chi connectivity index (χ3v) is 2.52. The molecular formula is C10H16N2O3. The molecule has 15 heavy (non-hydrogen) atoms. The molecule has 2 N–H and O–H groups in total. The highest BCUT2D eigenvalue weighted by atomic mass is 16.2. The van der Waals surface area contributed by atoms with E-state index in [0.29, 0.717) is 0 Å². The predicted octanol–water partition coefficient (Wildman–Crippen LogP) is -0.312. The van der Waals surface area contributed by atoms with E-state index in [9.17, 15) is 14.4 Å². The summed E-state index contributed by atoms with van der Waals surface area (Å²) in [6.45, 7) is 3.47. The zero-order chi connectivity index (χ0) is 11.6. The topological polar surface area (TPSA) is 80.5 Å². The number of nitrogens with zero attached hydrogens (tertiary/aromatic N) is 1. The van der Waals surface area contributed by atoms with Crippen molar-refractivity contribution in [1.82, 2.24) is 4.90 Å². The molecule has 5 heteroatoms. The molecule has 1 saturated heterocycles. The second kappa shape index (κ2) is 4.53. The normalized spacial score (nSPS) is 18.8. The Morgan fingerprint density at radius 3 is 2.13 bits per heavy atom. The van der Waals surface area contributed by atoms with Crippen molar-refractivity contribution in [3.63, 3.8) is 0 Å². The second-order valence-corrected chi connectivity index (χ2v) is 3.97. The van der Waals surface area contributed by atoms with Crippen LogP contribution in [0.5, 0.6) is 0 Å². The van der Waals surface area contributed by atoms with Crippen LogP contribution in [0.3, 0.4) is 0 Å². The third kappa shape index (κ3) is 2.23. The first-order valence-electron chi connectivity index (χ1n) is 5.07. The Morgan fingerprint density at radius 1 is 1.33 bits per heavy atom. The summed E-state index contributed by atoms with van der Waals surface area (Å²) in [4.78, 5) is 35.6. The largest absolute Gasteiger partial charge is 0.328 e. The molecular weight excluding hydrogens is 196 g/mol. The standard InChI is InChI=1S/C10H16N2O3/c1-6(2)10(15)7(5-11)12-8(13)3-4-9(12)14/h6-7H,3-5,11H2,1-2H3. The number of nitrogens with two attached hydrogens (primary N) is 1. The van der Waals surface area contributed by atoms with Gasteiger partial charge in [-0.3, -0.25) is 19.3 Å². The molecule has 0 bridgehead atoms. The van der Waals surface area contributed by atoms with Crippen LogP contribution in [0.1, 0.15) is 26.7 Å². The van der Waals surface area contributed by atoms with Gasteiger partial charge in [0.15, 0.2) is 5.78 Å². The lowest BCUT2D eigenvalue weighted by Gasteiger charge is -2.24. The highest BCUT2D eigenvalue weighted by Crippen LogP contribution is 2.17. The smallest absolute Gasteiger partial charge is 0.230 e. The number of amides is 2. The Labute approximate surface area is 88.6 Å². The molecule has 1 fully saturated rings. The number of Topliss-reactive ketones (excluding diaryl/α,β-unsaturated/α-hetero) is 1. The molecule has 0 aliphatic carbocycles. The van der Waals surface area contributed by atoms with Crippen LogP contribution >= 0.6 is 0 Å². The maximum absolute atomic E-state index is 11.7. The van der Waals surface area contributed by atoms with Gasteiger partial charge in [-0.15, -0.1) is 0 Å². The average molecular weight is 212 g/mol. The molecule has 5 nitrogen and oxygen atoms in total. The summed E-state index contributed by atoms with van der Waals surface area (Å²) in [5, 5.41) is 0. The SMILES string of the molecule is CC(C)C(=O)C(CN)N1C(=O)CCC1=O. The van der Waals surface area contributed by atoms with Crippen LogP contribution in [0.4, 0.5) is 0 Å². The highest BCUT2D eigenvalue weighted by molar-refractivity contribution is 6.06. The first kappa shape index (κ1) is 11.8. The highest BCUT2D eigenvalue weighted by Gasteiger charge is 2.38. The van der Waals surface area contributed by atoms with Gasteiger partial charge in [0.2, 0.25) is 11.8 Å². The Kier molecular flexibility index (Phi) is 3.57. The number of ketones is 1. The third-order valence-electron chi connectivity index (χ3n) is 2.52. The lowest BCUT2D eigenvalue weighted by molar-refractivity contribution is -0.146. The zero-order valence-electron chi connectivity index (χ0n) is 9.03. The van der Waals surface area contributed by atoms with Gasteiger partial charge in [-0.1, -0.05) is 13.8 Å². The molecule has 84 valence electrons. The Morgan fingerprint density at radius 2 is 1.80 bits per heavy atom. The van der Waals surface area contributed by atoms with Crippen molar-refractivity contribution < 1.29 is 14.4 Å². The van der Waals surface area contributed by atoms with E-state index in [-0.39, 0.29) is 42.9 Å². The van der Waals surface area contributed by atoms with Gasteiger partial charge in [0, 0.05) is 25.3 Å². The van der Waals surface area contributed by atoms with Crippen LogP contribution in [0.2, 0.25) is 0 Å². The fraction of sp³-hybridized carbons (Fsp3) is 0.700. The van der Waals surface area contributed by atoms with E-state index >= 15 is 0 Å². The predicted molar refractivity (Wildman–Crippen MR) is 53.8 cm³/mol. The molecule has 1 atom stereocenters. The van der Waals surface area contributed by atoms with Gasteiger partial charge in [0.25, 0.3) is 0 Å². The Bertz CT molecular complexity index is 283. The minimum Gasteiger partial charge on any atom is -0.328 e. The number of carbonyl (C=O) groups is 3. The van der Waals surface area contributed by atoms with Gasteiger partial charge < -0.3 is 5.73 Å². The lowest BCUT2D eigenvalue weighted by atomic mass is 10.0. The zero-order valence-corrected chi connectivity index (χ0v) is 9.03. The maximum atomic E-state index is 11.7. The van der Waals surface area contributed by atoms with Crippen molar-refractivity contribution in [3.05, 3.63) is 0 Å². The number of hydrogen-bond donors (Lipinski definition) is 1. The second-order valence-electron chi connectivity index (χ2n) is 3.97. The minimum atomic E-state index is -0.771. The number of hydrogen-bond acceptors (Lipinski definition) is 4. The lowest BCUT2D eigenvalue weighted by Crippen LogP contribution is -2.50. The van der Waals surface area contributed by atoms with Gasteiger partial charge in [-0.2, -0.15) is 0 Å². The summed E-state index contributed by atoms with van der Waals surface area (Å²) in [5.41, 5.74) is 5.45. The summed E-state index contributed by atoms with van der Waals surface area (Å²) in [7, 11) is 0. The fourth-order valence-corrected chi connectivity index (χ4v) is 1.68. The van der Waals surface area contributed by atoms with Crippen LogP contribution in [0.25, 0.3) is 0 Å². The van der Waals surface area contributed by atoms with Crippen molar-refractivity contribution in [2.75, 3.05) is 6.54 Å². The maximum Gasteiger partial charge on any atom is 0.230 e. The van der Waals surface area contributed by atoms with Gasteiger partial charge in [0.1, 0.15) is 6.04 Å². The van der Waals surface area contributed by atoms with E-state index in [1.165, 1.54) is 0 Å². The van der Waals surface area contributed by atoms with E-state index in [0.717, 1.165) is 4.90 Å². The van der Waals surface area contributed by atoms with Crippen LogP contribution < -0.4 is 5.73 Å². The number of imide groups is 1. The summed E-state index contributed by atoms with van der Waals surface area (Å²) >= 11 is 0. The molecule has 0 aromatic heterocycles.